The minimum absolute atomic E-state index is 0.124. The van der Waals surface area contributed by atoms with Gasteiger partial charge in [-0.2, -0.15) is 8.42 Å². The number of methoxy groups -OCH3 is 1. The summed E-state index contributed by atoms with van der Waals surface area (Å²) in [6.07, 6.45) is 0. The second-order valence-corrected chi connectivity index (χ2v) is 4.28. The molecule has 6 heteroatoms. The molecule has 1 aromatic carbocycles. The van der Waals surface area contributed by atoms with Gasteiger partial charge in [0.1, 0.15) is 4.90 Å². The van der Waals surface area contributed by atoms with Crippen molar-refractivity contribution in [2.24, 2.45) is 0 Å². The van der Waals surface area contributed by atoms with Crippen LogP contribution in [0.2, 0.25) is 0 Å². The van der Waals surface area contributed by atoms with E-state index in [1.807, 2.05) is 0 Å². The zero-order valence-electron chi connectivity index (χ0n) is 8.30. The van der Waals surface area contributed by atoms with Crippen LogP contribution < -0.4 is 5.32 Å². The fourth-order valence-electron chi connectivity index (χ4n) is 1.13. The molecule has 0 fully saturated rings. The molecule has 0 amide bonds. The third kappa shape index (κ3) is 3.50. The Bertz CT molecular complexity index is 416. The third-order valence-electron chi connectivity index (χ3n) is 1.79. The zero-order chi connectivity index (χ0) is 11.3. The van der Waals surface area contributed by atoms with Crippen LogP contribution in [0.25, 0.3) is 0 Å². The molecule has 2 N–H and O–H groups in total. The van der Waals surface area contributed by atoms with E-state index in [0.29, 0.717) is 18.8 Å². The van der Waals surface area contributed by atoms with Gasteiger partial charge < -0.3 is 10.1 Å². The van der Waals surface area contributed by atoms with Gasteiger partial charge in [0.2, 0.25) is 0 Å². The second kappa shape index (κ2) is 5.11. The summed E-state index contributed by atoms with van der Waals surface area (Å²) >= 11 is 0. The Morgan fingerprint density at radius 1 is 1.40 bits per heavy atom. The minimum Gasteiger partial charge on any atom is -0.383 e. The highest BCUT2D eigenvalue weighted by Crippen LogP contribution is 2.19. The van der Waals surface area contributed by atoms with Crippen LogP contribution in [0.1, 0.15) is 0 Å². The van der Waals surface area contributed by atoms with Crippen molar-refractivity contribution in [2.75, 3.05) is 25.6 Å². The third-order valence-corrected chi connectivity index (χ3v) is 2.70. The molecule has 0 aliphatic heterocycles. The average Bonchev–Trinajstić information content (AvgIpc) is 2.17. The van der Waals surface area contributed by atoms with Crippen molar-refractivity contribution in [3.63, 3.8) is 0 Å². The fourth-order valence-corrected chi connectivity index (χ4v) is 1.79. The summed E-state index contributed by atoms with van der Waals surface area (Å²) in [4.78, 5) is -0.124. The number of hydrogen-bond acceptors (Lipinski definition) is 4. The summed E-state index contributed by atoms with van der Waals surface area (Å²) < 4.78 is 35.7. The van der Waals surface area contributed by atoms with Crippen LogP contribution in [0.15, 0.2) is 29.2 Å². The molecule has 15 heavy (non-hydrogen) atoms. The average molecular weight is 231 g/mol. The number of para-hydroxylation sites is 1. The SMILES string of the molecule is COCCNc1ccccc1S(=O)(=O)O. The predicted octanol–water partition coefficient (Wildman–Crippen LogP) is 0.992. The van der Waals surface area contributed by atoms with Gasteiger partial charge in [-0.1, -0.05) is 12.1 Å². The first-order valence-corrected chi connectivity index (χ1v) is 5.79. The monoisotopic (exact) mass is 231 g/mol. The number of benzene rings is 1. The van der Waals surface area contributed by atoms with Gasteiger partial charge in [0.05, 0.1) is 12.3 Å². The number of ether oxygens (including phenoxy) is 1. The Balaban J connectivity index is 2.88. The first kappa shape index (κ1) is 12.0. The maximum atomic E-state index is 11.0. The van der Waals surface area contributed by atoms with E-state index in [-0.39, 0.29) is 4.90 Å². The lowest BCUT2D eigenvalue weighted by atomic mass is 10.3. The Hall–Kier alpha value is -1.11. The Kier molecular flexibility index (Phi) is 4.07. The number of rotatable bonds is 5. The van der Waals surface area contributed by atoms with Crippen LogP contribution in [0.4, 0.5) is 5.69 Å². The molecule has 0 bridgehead atoms. The lowest BCUT2D eigenvalue weighted by molar-refractivity contribution is 0.210. The van der Waals surface area contributed by atoms with Crippen LogP contribution in [0.5, 0.6) is 0 Å². The standard InChI is InChI=1S/C9H13NO4S/c1-14-7-6-10-8-4-2-3-5-9(8)15(11,12)13/h2-5,10H,6-7H2,1H3,(H,11,12,13). The summed E-state index contributed by atoms with van der Waals surface area (Å²) in [6.45, 7) is 0.933. The van der Waals surface area contributed by atoms with Crippen molar-refractivity contribution in [1.29, 1.82) is 0 Å². The summed E-state index contributed by atoms with van der Waals surface area (Å²) in [6, 6.07) is 6.15. The van der Waals surface area contributed by atoms with Crippen molar-refractivity contribution < 1.29 is 17.7 Å². The number of anilines is 1. The fraction of sp³-hybridized carbons (Fsp3) is 0.333. The molecular formula is C9H13NO4S. The lowest BCUT2D eigenvalue weighted by Gasteiger charge is -2.08. The van der Waals surface area contributed by atoms with Crippen LogP contribution in [0, 0.1) is 0 Å². The van der Waals surface area contributed by atoms with E-state index in [1.54, 1.807) is 25.3 Å². The first-order valence-electron chi connectivity index (χ1n) is 4.35. The molecule has 0 heterocycles. The summed E-state index contributed by atoms with van der Waals surface area (Å²) in [5.74, 6) is 0. The summed E-state index contributed by atoms with van der Waals surface area (Å²) in [5.41, 5.74) is 0.372. The highest BCUT2D eigenvalue weighted by atomic mass is 32.2. The molecule has 5 nitrogen and oxygen atoms in total. The summed E-state index contributed by atoms with van der Waals surface area (Å²) in [7, 11) is -2.62. The molecule has 0 saturated heterocycles. The van der Waals surface area contributed by atoms with E-state index in [1.165, 1.54) is 6.07 Å². The van der Waals surface area contributed by atoms with Gasteiger partial charge in [0.25, 0.3) is 10.1 Å². The Morgan fingerprint density at radius 3 is 2.67 bits per heavy atom. The van der Waals surface area contributed by atoms with Gasteiger partial charge in [-0.3, -0.25) is 4.55 Å². The van der Waals surface area contributed by atoms with E-state index >= 15 is 0 Å². The Morgan fingerprint density at radius 2 is 2.07 bits per heavy atom. The van der Waals surface area contributed by atoms with E-state index in [4.69, 9.17) is 9.29 Å². The van der Waals surface area contributed by atoms with Crippen molar-refractivity contribution in [1.82, 2.24) is 0 Å². The molecule has 0 unspecified atom stereocenters. The van der Waals surface area contributed by atoms with Crippen molar-refractivity contribution in [3.8, 4) is 0 Å². The van der Waals surface area contributed by atoms with Crippen LogP contribution in [-0.4, -0.2) is 33.2 Å². The van der Waals surface area contributed by atoms with Crippen LogP contribution in [0.3, 0.4) is 0 Å². The first-order chi connectivity index (χ1) is 7.05. The molecule has 0 aromatic heterocycles. The van der Waals surface area contributed by atoms with E-state index in [0.717, 1.165) is 0 Å². The van der Waals surface area contributed by atoms with Crippen LogP contribution >= 0.6 is 0 Å². The molecule has 0 saturated carbocycles. The second-order valence-electron chi connectivity index (χ2n) is 2.89. The quantitative estimate of drug-likeness (QED) is 0.584. The maximum absolute atomic E-state index is 11.0. The number of hydrogen-bond donors (Lipinski definition) is 2. The molecule has 0 aliphatic rings. The molecule has 1 rings (SSSR count). The molecule has 0 spiro atoms. The molecular weight excluding hydrogens is 218 g/mol. The number of nitrogens with one attached hydrogen (secondary N) is 1. The molecule has 0 aliphatic carbocycles. The largest absolute Gasteiger partial charge is 0.383 e. The highest BCUT2D eigenvalue weighted by molar-refractivity contribution is 7.86. The van der Waals surface area contributed by atoms with Gasteiger partial charge in [-0.05, 0) is 12.1 Å². The van der Waals surface area contributed by atoms with Gasteiger partial charge in [0.15, 0.2) is 0 Å². The van der Waals surface area contributed by atoms with Crippen molar-refractivity contribution in [3.05, 3.63) is 24.3 Å². The predicted molar refractivity (Wildman–Crippen MR) is 56.6 cm³/mol. The normalized spacial score (nSPS) is 11.3. The van der Waals surface area contributed by atoms with Gasteiger partial charge in [0, 0.05) is 13.7 Å². The highest BCUT2D eigenvalue weighted by Gasteiger charge is 2.13. The smallest absolute Gasteiger partial charge is 0.296 e. The van der Waals surface area contributed by atoms with Crippen molar-refractivity contribution >= 4 is 15.8 Å². The van der Waals surface area contributed by atoms with Gasteiger partial charge >= 0.3 is 0 Å². The maximum Gasteiger partial charge on any atom is 0.296 e. The van der Waals surface area contributed by atoms with Gasteiger partial charge in [-0.15, -0.1) is 0 Å². The van der Waals surface area contributed by atoms with E-state index in [2.05, 4.69) is 5.32 Å². The summed E-state index contributed by atoms with van der Waals surface area (Å²) in [5, 5.41) is 2.86. The minimum atomic E-state index is -4.17. The van der Waals surface area contributed by atoms with E-state index in [9.17, 15) is 8.42 Å². The molecule has 1 aromatic rings. The topological polar surface area (TPSA) is 75.6 Å². The zero-order valence-corrected chi connectivity index (χ0v) is 9.12. The van der Waals surface area contributed by atoms with Gasteiger partial charge in [-0.25, -0.2) is 0 Å². The Labute approximate surface area is 88.8 Å². The molecule has 0 atom stereocenters. The van der Waals surface area contributed by atoms with Crippen LogP contribution in [-0.2, 0) is 14.9 Å². The lowest BCUT2D eigenvalue weighted by Crippen LogP contribution is -2.11. The molecule has 84 valence electrons. The van der Waals surface area contributed by atoms with E-state index < -0.39 is 10.1 Å². The molecule has 0 radical (unpaired) electrons. The van der Waals surface area contributed by atoms with Crippen molar-refractivity contribution in [2.45, 2.75) is 4.90 Å².